The summed E-state index contributed by atoms with van der Waals surface area (Å²) >= 11 is 6.05. The minimum Gasteiger partial charge on any atom is -0.386 e. The molecule has 5 heteroatoms. The van der Waals surface area contributed by atoms with Gasteiger partial charge in [-0.3, -0.25) is 4.79 Å². The topological polar surface area (TPSA) is 50.7 Å². The molecule has 0 saturated heterocycles. The van der Waals surface area contributed by atoms with Crippen molar-refractivity contribution < 1.29 is 9.63 Å². The van der Waals surface area contributed by atoms with Crippen LogP contribution in [0.4, 0.5) is 5.69 Å². The molecule has 120 valence electrons. The number of nitrogens with zero attached hydrogens (tertiary/aromatic N) is 1. The number of aryl methyl sites for hydroxylation is 2. The van der Waals surface area contributed by atoms with E-state index in [1.807, 2.05) is 37.3 Å². The van der Waals surface area contributed by atoms with Gasteiger partial charge in [0.25, 0.3) is 5.91 Å². The van der Waals surface area contributed by atoms with Gasteiger partial charge in [0, 0.05) is 0 Å². The summed E-state index contributed by atoms with van der Waals surface area (Å²) in [6.07, 6.45) is 2.57. The van der Waals surface area contributed by atoms with Gasteiger partial charge in [0.05, 0.1) is 16.9 Å². The van der Waals surface area contributed by atoms with Crippen molar-refractivity contribution in [3.8, 4) is 0 Å². The summed E-state index contributed by atoms with van der Waals surface area (Å²) in [5, 5.41) is 6.98. The first kappa shape index (κ1) is 17.0. The maximum atomic E-state index is 11.8. The number of hydrogen-bond acceptors (Lipinski definition) is 3. The first-order chi connectivity index (χ1) is 11.1. The summed E-state index contributed by atoms with van der Waals surface area (Å²) < 4.78 is 0. The normalized spacial score (nSPS) is 10.7. The fourth-order valence-electron chi connectivity index (χ4n) is 1.94. The molecule has 0 spiro atoms. The van der Waals surface area contributed by atoms with Crippen LogP contribution < -0.4 is 5.32 Å². The Labute approximate surface area is 141 Å². The van der Waals surface area contributed by atoms with Crippen LogP contribution in [0.5, 0.6) is 0 Å². The molecule has 0 bridgehead atoms. The maximum absolute atomic E-state index is 11.8. The van der Waals surface area contributed by atoms with Gasteiger partial charge < -0.3 is 10.2 Å². The second-order valence-electron chi connectivity index (χ2n) is 5.13. The number of benzene rings is 2. The lowest BCUT2D eigenvalue weighted by Crippen LogP contribution is -2.17. The number of carbonyl (C=O) groups is 1. The Morgan fingerprint density at radius 2 is 2.00 bits per heavy atom. The monoisotopic (exact) mass is 330 g/mol. The minimum atomic E-state index is -0.311. The van der Waals surface area contributed by atoms with E-state index < -0.39 is 0 Å². The molecule has 2 aromatic rings. The molecule has 23 heavy (non-hydrogen) atoms. The van der Waals surface area contributed by atoms with E-state index in [1.165, 1.54) is 5.56 Å². The van der Waals surface area contributed by atoms with Gasteiger partial charge in [-0.25, -0.2) is 0 Å². The van der Waals surface area contributed by atoms with Crippen molar-refractivity contribution >= 4 is 29.4 Å². The van der Waals surface area contributed by atoms with Crippen LogP contribution in [0.15, 0.2) is 47.6 Å². The first-order valence-electron chi connectivity index (χ1n) is 7.38. The molecule has 0 saturated carbocycles. The summed E-state index contributed by atoms with van der Waals surface area (Å²) in [5.41, 5.74) is 3.77. The molecular formula is C18H19ClN2O2. The second kappa shape index (κ2) is 8.34. The Hall–Kier alpha value is -2.33. The fraction of sp³-hybridized carbons (Fsp3) is 0.222. The number of oxime groups is 1. The first-order valence-corrected chi connectivity index (χ1v) is 7.76. The van der Waals surface area contributed by atoms with Crippen molar-refractivity contribution in [3.05, 3.63) is 64.2 Å². The molecular weight excluding hydrogens is 312 g/mol. The number of hydrogen-bond donors (Lipinski definition) is 1. The van der Waals surface area contributed by atoms with Crippen LogP contribution in [-0.4, -0.2) is 18.7 Å². The Bertz CT molecular complexity index is 697. The number of nitrogens with one attached hydrogen (secondary N) is 1. The Morgan fingerprint density at radius 1 is 1.26 bits per heavy atom. The molecule has 0 aliphatic heterocycles. The van der Waals surface area contributed by atoms with Crippen LogP contribution in [0.2, 0.25) is 5.02 Å². The maximum Gasteiger partial charge on any atom is 0.265 e. The molecule has 0 atom stereocenters. The van der Waals surface area contributed by atoms with Crippen LogP contribution in [0.25, 0.3) is 0 Å². The predicted octanol–water partition coefficient (Wildman–Crippen LogP) is 4.20. The van der Waals surface area contributed by atoms with Crippen molar-refractivity contribution in [2.24, 2.45) is 5.16 Å². The van der Waals surface area contributed by atoms with Crippen molar-refractivity contribution in [1.82, 2.24) is 0 Å². The molecule has 0 heterocycles. The van der Waals surface area contributed by atoms with Crippen LogP contribution in [-0.2, 0) is 16.1 Å². The summed E-state index contributed by atoms with van der Waals surface area (Å²) in [7, 11) is 0. The lowest BCUT2D eigenvalue weighted by atomic mass is 10.1. The lowest BCUT2D eigenvalue weighted by Gasteiger charge is -2.07. The van der Waals surface area contributed by atoms with E-state index in [4.69, 9.17) is 16.4 Å². The van der Waals surface area contributed by atoms with E-state index in [0.717, 1.165) is 17.5 Å². The highest BCUT2D eigenvalue weighted by Gasteiger charge is 2.06. The molecule has 4 nitrogen and oxygen atoms in total. The predicted molar refractivity (Wildman–Crippen MR) is 94.2 cm³/mol. The second-order valence-corrected chi connectivity index (χ2v) is 5.54. The molecule has 0 aliphatic rings. The van der Waals surface area contributed by atoms with E-state index >= 15 is 0 Å². The van der Waals surface area contributed by atoms with Gasteiger partial charge in [-0.2, -0.15) is 0 Å². The summed E-state index contributed by atoms with van der Waals surface area (Å²) in [4.78, 5) is 16.8. The molecule has 1 N–H and O–H groups in total. The highest BCUT2D eigenvalue weighted by molar-refractivity contribution is 6.33. The molecule has 0 aliphatic carbocycles. The molecule has 0 unspecified atom stereocenters. The summed E-state index contributed by atoms with van der Waals surface area (Å²) in [6.45, 7) is 3.86. The van der Waals surface area contributed by atoms with Gasteiger partial charge in [-0.05, 0) is 42.2 Å². The van der Waals surface area contributed by atoms with E-state index in [9.17, 15) is 4.79 Å². The number of carbonyl (C=O) groups excluding carboxylic acids is 1. The standard InChI is InChI=1S/C18H19ClN2O2/c1-3-14-5-7-15(8-6-14)11-20-23-12-18(22)21-17-9-4-13(2)10-16(17)19/h4-11H,3,12H2,1-2H3,(H,21,22)/b20-11-. The van der Waals surface area contributed by atoms with Crippen molar-refractivity contribution in [1.29, 1.82) is 0 Å². The van der Waals surface area contributed by atoms with Crippen molar-refractivity contribution in [3.63, 3.8) is 0 Å². The van der Waals surface area contributed by atoms with Gasteiger partial charge in [0.2, 0.25) is 0 Å². The van der Waals surface area contributed by atoms with Crippen molar-refractivity contribution in [2.45, 2.75) is 20.3 Å². The van der Waals surface area contributed by atoms with Gasteiger partial charge in [0.15, 0.2) is 6.61 Å². The van der Waals surface area contributed by atoms with Crippen LogP contribution >= 0.6 is 11.6 Å². The Kier molecular flexibility index (Phi) is 6.18. The zero-order chi connectivity index (χ0) is 16.7. The minimum absolute atomic E-state index is 0.173. The largest absolute Gasteiger partial charge is 0.386 e. The third kappa shape index (κ3) is 5.42. The van der Waals surface area contributed by atoms with E-state index in [-0.39, 0.29) is 12.5 Å². The fourth-order valence-corrected chi connectivity index (χ4v) is 2.22. The van der Waals surface area contributed by atoms with Gasteiger partial charge in [-0.1, -0.05) is 54.0 Å². The van der Waals surface area contributed by atoms with Gasteiger partial charge >= 0.3 is 0 Å². The molecule has 2 aromatic carbocycles. The average molecular weight is 331 g/mol. The number of anilines is 1. The van der Waals surface area contributed by atoms with Gasteiger partial charge in [0.1, 0.15) is 0 Å². The quantitative estimate of drug-likeness (QED) is 0.637. The molecule has 0 radical (unpaired) electrons. The highest BCUT2D eigenvalue weighted by atomic mass is 35.5. The van der Waals surface area contributed by atoms with Crippen LogP contribution in [0.3, 0.4) is 0 Å². The average Bonchev–Trinajstić information content (AvgIpc) is 2.55. The molecule has 1 amide bonds. The summed E-state index contributed by atoms with van der Waals surface area (Å²) in [6, 6.07) is 13.4. The van der Waals surface area contributed by atoms with Gasteiger partial charge in [-0.15, -0.1) is 0 Å². The third-order valence-corrected chi connectivity index (χ3v) is 3.57. The van der Waals surface area contributed by atoms with Crippen LogP contribution in [0.1, 0.15) is 23.6 Å². The molecule has 2 rings (SSSR count). The van der Waals surface area contributed by atoms with E-state index in [1.54, 1.807) is 18.3 Å². The Morgan fingerprint density at radius 3 is 2.65 bits per heavy atom. The Balaban J connectivity index is 1.80. The highest BCUT2D eigenvalue weighted by Crippen LogP contribution is 2.22. The molecule has 0 aromatic heterocycles. The van der Waals surface area contributed by atoms with E-state index in [2.05, 4.69) is 17.4 Å². The van der Waals surface area contributed by atoms with Crippen molar-refractivity contribution in [2.75, 3.05) is 11.9 Å². The van der Waals surface area contributed by atoms with Crippen LogP contribution in [0, 0.1) is 6.92 Å². The van der Waals surface area contributed by atoms with E-state index in [0.29, 0.717) is 10.7 Å². The third-order valence-electron chi connectivity index (χ3n) is 3.26. The number of rotatable bonds is 6. The molecule has 0 fully saturated rings. The number of halogens is 1. The zero-order valence-electron chi connectivity index (χ0n) is 13.2. The zero-order valence-corrected chi connectivity index (χ0v) is 13.9. The lowest BCUT2D eigenvalue weighted by molar-refractivity contribution is -0.120. The summed E-state index contributed by atoms with van der Waals surface area (Å²) in [5.74, 6) is -0.311. The number of amides is 1. The SMILES string of the molecule is CCc1ccc(/C=N\OCC(=O)Nc2ccc(C)cc2Cl)cc1. The smallest absolute Gasteiger partial charge is 0.265 e.